The zero-order chi connectivity index (χ0) is 9.90. The Hall–Kier alpha value is -0.700. The molecule has 1 aliphatic rings. The molecule has 72 valence electrons. The summed E-state index contributed by atoms with van der Waals surface area (Å²) in [6, 6.07) is 0. The fourth-order valence-corrected chi connectivity index (χ4v) is 2.42. The topological polar surface area (TPSA) is 0 Å². The van der Waals surface area contributed by atoms with Gasteiger partial charge in [0.25, 0.3) is 0 Å². The van der Waals surface area contributed by atoms with Crippen molar-refractivity contribution in [3.8, 4) is 11.8 Å². The van der Waals surface area contributed by atoms with Crippen LogP contribution in [0.5, 0.6) is 0 Å². The molecule has 0 heterocycles. The van der Waals surface area contributed by atoms with Crippen LogP contribution in [-0.2, 0) is 0 Å². The van der Waals surface area contributed by atoms with Crippen molar-refractivity contribution in [1.82, 2.24) is 0 Å². The molecule has 0 radical (unpaired) electrons. The molecular formula is C13H20. The molecule has 0 aromatic heterocycles. The van der Waals surface area contributed by atoms with E-state index < -0.39 is 0 Å². The van der Waals surface area contributed by atoms with Gasteiger partial charge in [-0.05, 0) is 37.5 Å². The van der Waals surface area contributed by atoms with E-state index in [0.717, 1.165) is 0 Å². The summed E-state index contributed by atoms with van der Waals surface area (Å²) in [4.78, 5) is 0. The van der Waals surface area contributed by atoms with E-state index in [4.69, 9.17) is 0 Å². The summed E-state index contributed by atoms with van der Waals surface area (Å²) in [6.45, 7) is 10.5. The van der Waals surface area contributed by atoms with Crippen LogP contribution in [0.3, 0.4) is 0 Å². The van der Waals surface area contributed by atoms with Crippen molar-refractivity contribution in [2.75, 3.05) is 0 Å². The van der Waals surface area contributed by atoms with Crippen molar-refractivity contribution in [1.29, 1.82) is 0 Å². The lowest BCUT2D eigenvalue weighted by molar-refractivity contribution is 0.151. The molecule has 0 saturated heterocycles. The van der Waals surface area contributed by atoms with Gasteiger partial charge in [0.1, 0.15) is 0 Å². The number of allylic oxidation sites excluding steroid dienone is 1. The molecule has 0 nitrogen and oxygen atoms in total. The van der Waals surface area contributed by atoms with E-state index in [0.29, 0.717) is 17.3 Å². The molecule has 0 heteroatoms. The minimum Gasteiger partial charge on any atom is -0.106 e. The lowest BCUT2D eigenvalue weighted by atomic mass is 9.65. The highest BCUT2D eigenvalue weighted by atomic mass is 14.4. The Bertz CT molecular complexity index is 236. The Morgan fingerprint density at radius 1 is 1.38 bits per heavy atom. The second kappa shape index (κ2) is 4.01. The second-order valence-corrected chi connectivity index (χ2v) is 4.70. The molecule has 1 aliphatic carbocycles. The van der Waals surface area contributed by atoms with Crippen molar-refractivity contribution in [3.05, 3.63) is 12.7 Å². The molecule has 2 atom stereocenters. The summed E-state index contributed by atoms with van der Waals surface area (Å²) in [5, 5.41) is 0. The summed E-state index contributed by atoms with van der Waals surface area (Å²) < 4.78 is 0. The highest BCUT2D eigenvalue weighted by Gasteiger charge is 2.34. The first-order chi connectivity index (χ1) is 6.10. The van der Waals surface area contributed by atoms with Crippen molar-refractivity contribution in [2.24, 2.45) is 17.3 Å². The van der Waals surface area contributed by atoms with Gasteiger partial charge >= 0.3 is 0 Å². The molecular weight excluding hydrogens is 156 g/mol. The molecule has 0 aromatic rings. The normalized spacial score (nSPS) is 31.6. The molecule has 13 heavy (non-hydrogen) atoms. The Morgan fingerprint density at radius 2 is 2.08 bits per heavy atom. The Kier molecular flexibility index (Phi) is 3.20. The van der Waals surface area contributed by atoms with Gasteiger partial charge in [0.2, 0.25) is 0 Å². The summed E-state index contributed by atoms with van der Waals surface area (Å²) in [7, 11) is 0. The Labute approximate surface area is 82.4 Å². The van der Waals surface area contributed by atoms with Gasteiger partial charge < -0.3 is 0 Å². The largest absolute Gasteiger partial charge is 0.106 e. The SMILES string of the molecule is C=CC1CCC(C#CC)CC1(C)C. The van der Waals surface area contributed by atoms with Crippen molar-refractivity contribution >= 4 is 0 Å². The van der Waals surface area contributed by atoms with E-state index in [2.05, 4.69) is 38.3 Å². The molecule has 1 fully saturated rings. The highest BCUT2D eigenvalue weighted by molar-refractivity contribution is 5.06. The van der Waals surface area contributed by atoms with Gasteiger partial charge in [-0.2, -0.15) is 0 Å². The average Bonchev–Trinajstić information content (AvgIpc) is 2.03. The number of hydrogen-bond donors (Lipinski definition) is 0. The fourth-order valence-electron chi connectivity index (χ4n) is 2.42. The van der Waals surface area contributed by atoms with Gasteiger partial charge in [0, 0.05) is 5.92 Å². The number of hydrogen-bond acceptors (Lipinski definition) is 0. The summed E-state index contributed by atoms with van der Waals surface area (Å²) >= 11 is 0. The van der Waals surface area contributed by atoms with Gasteiger partial charge in [0.05, 0.1) is 0 Å². The van der Waals surface area contributed by atoms with E-state index in [1.54, 1.807) is 0 Å². The second-order valence-electron chi connectivity index (χ2n) is 4.70. The molecule has 0 bridgehead atoms. The van der Waals surface area contributed by atoms with Crippen molar-refractivity contribution in [2.45, 2.75) is 40.0 Å². The predicted octanol–water partition coefficient (Wildman–Crippen LogP) is 3.64. The zero-order valence-corrected chi connectivity index (χ0v) is 9.06. The monoisotopic (exact) mass is 176 g/mol. The van der Waals surface area contributed by atoms with E-state index in [1.807, 2.05) is 6.92 Å². The highest BCUT2D eigenvalue weighted by Crippen LogP contribution is 2.43. The van der Waals surface area contributed by atoms with Gasteiger partial charge in [0.15, 0.2) is 0 Å². The molecule has 0 aliphatic heterocycles. The molecule has 0 N–H and O–H groups in total. The van der Waals surface area contributed by atoms with Crippen LogP contribution in [-0.4, -0.2) is 0 Å². The average molecular weight is 176 g/mol. The van der Waals surface area contributed by atoms with E-state index in [1.165, 1.54) is 19.3 Å². The van der Waals surface area contributed by atoms with Crippen LogP contribution >= 0.6 is 0 Å². The van der Waals surface area contributed by atoms with E-state index >= 15 is 0 Å². The zero-order valence-electron chi connectivity index (χ0n) is 9.06. The van der Waals surface area contributed by atoms with Crippen LogP contribution in [0.25, 0.3) is 0 Å². The smallest absolute Gasteiger partial charge is 0.0208 e. The van der Waals surface area contributed by atoms with Crippen molar-refractivity contribution < 1.29 is 0 Å². The lowest BCUT2D eigenvalue weighted by Gasteiger charge is -2.39. The summed E-state index contributed by atoms with van der Waals surface area (Å²) in [5.74, 6) is 7.64. The molecule has 0 aromatic carbocycles. The maximum atomic E-state index is 3.91. The first kappa shape index (κ1) is 10.4. The third kappa shape index (κ3) is 2.37. The maximum Gasteiger partial charge on any atom is 0.0208 e. The van der Waals surface area contributed by atoms with Gasteiger partial charge in [-0.15, -0.1) is 18.4 Å². The van der Waals surface area contributed by atoms with Gasteiger partial charge in [-0.3, -0.25) is 0 Å². The summed E-state index contributed by atoms with van der Waals surface area (Å²) in [5.41, 5.74) is 0.397. The maximum absolute atomic E-state index is 3.91. The van der Waals surface area contributed by atoms with Crippen LogP contribution in [0.2, 0.25) is 0 Å². The quantitative estimate of drug-likeness (QED) is 0.422. The Balaban J connectivity index is 2.67. The molecule has 1 saturated carbocycles. The Morgan fingerprint density at radius 3 is 2.54 bits per heavy atom. The van der Waals surface area contributed by atoms with Crippen LogP contribution in [0.4, 0.5) is 0 Å². The van der Waals surface area contributed by atoms with Crippen molar-refractivity contribution in [3.63, 3.8) is 0 Å². The molecule has 1 rings (SSSR count). The summed E-state index contributed by atoms with van der Waals surface area (Å²) in [6.07, 6.45) is 5.86. The third-order valence-electron chi connectivity index (χ3n) is 3.24. The van der Waals surface area contributed by atoms with Crippen LogP contribution in [0.1, 0.15) is 40.0 Å². The van der Waals surface area contributed by atoms with E-state index in [9.17, 15) is 0 Å². The standard InChI is InChI=1S/C13H20/c1-5-7-11-8-9-12(6-2)13(3,4)10-11/h6,11-12H,2,8-10H2,1,3-4H3. The minimum atomic E-state index is 0.397. The van der Waals surface area contributed by atoms with Crippen LogP contribution in [0.15, 0.2) is 12.7 Å². The third-order valence-corrected chi connectivity index (χ3v) is 3.24. The van der Waals surface area contributed by atoms with Crippen LogP contribution in [0, 0.1) is 29.1 Å². The first-order valence-corrected chi connectivity index (χ1v) is 5.15. The van der Waals surface area contributed by atoms with E-state index in [-0.39, 0.29) is 0 Å². The first-order valence-electron chi connectivity index (χ1n) is 5.15. The van der Waals surface area contributed by atoms with Crippen LogP contribution < -0.4 is 0 Å². The minimum absolute atomic E-state index is 0.397. The van der Waals surface area contributed by atoms with Gasteiger partial charge in [-0.1, -0.05) is 19.9 Å². The molecule has 0 amide bonds. The molecule has 2 unspecified atom stereocenters. The number of rotatable bonds is 1. The van der Waals surface area contributed by atoms with Gasteiger partial charge in [-0.25, -0.2) is 0 Å². The lowest BCUT2D eigenvalue weighted by Crippen LogP contribution is -2.30. The fraction of sp³-hybridized carbons (Fsp3) is 0.692. The predicted molar refractivity (Wildman–Crippen MR) is 58.3 cm³/mol. The molecule has 0 spiro atoms.